The summed E-state index contributed by atoms with van der Waals surface area (Å²) in [6.07, 6.45) is 1.17. The van der Waals surface area contributed by atoms with E-state index in [2.05, 4.69) is 14.4 Å². The lowest BCUT2D eigenvalue weighted by Gasteiger charge is -2.21. The van der Waals surface area contributed by atoms with Crippen LogP contribution in [0.25, 0.3) is 11.1 Å². The highest BCUT2D eigenvalue weighted by Crippen LogP contribution is 2.24. The molecule has 0 radical (unpaired) electrons. The lowest BCUT2D eigenvalue weighted by atomic mass is 9.99. The van der Waals surface area contributed by atoms with Gasteiger partial charge in [-0.15, -0.1) is 0 Å². The van der Waals surface area contributed by atoms with Crippen molar-refractivity contribution < 1.29 is 26.7 Å². The number of pyridine rings is 1. The topological polar surface area (TPSA) is 129 Å². The molecule has 0 saturated heterocycles. The summed E-state index contributed by atoms with van der Waals surface area (Å²) in [5, 5.41) is 10.2. The number of aliphatic hydroxyl groups excluding tert-OH is 1. The van der Waals surface area contributed by atoms with Crippen LogP contribution in [0, 0.1) is 0 Å². The van der Waals surface area contributed by atoms with Crippen molar-refractivity contribution in [1.82, 2.24) is 14.4 Å². The largest absolute Gasteiger partial charge is 0.387 e. The fraction of sp³-hybridized carbons (Fsp3) is 0.353. The van der Waals surface area contributed by atoms with Crippen molar-refractivity contribution in [2.24, 2.45) is 0 Å². The predicted octanol–water partition coefficient (Wildman–Crippen LogP) is 1.46. The van der Waals surface area contributed by atoms with E-state index >= 15 is 0 Å². The van der Waals surface area contributed by atoms with Gasteiger partial charge >= 0.3 is 0 Å². The Bertz CT molecular complexity index is 907. The molecule has 0 amide bonds. The highest BCUT2D eigenvalue weighted by atomic mass is 32.2. The molecule has 2 aromatic rings. The van der Waals surface area contributed by atoms with E-state index in [1.54, 1.807) is 49.5 Å². The molecule has 1 aromatic carbocycles. The minimum atomic E-state index is -3.66. The summed E-state index contributed by atoms with van der Waals surface area (Å²) in [5.41, 5.74) is 2.53. The Morgan fingerprint density at radius 3 is 2.25 bits per heavy atom. The van der Waals surface area contributed by atoms with Crippen molar-refractivity contribution >= 4 is 21.3 Å². The Balaban J connectivity index is 2.14. The SMILES string of the molecule is CC(NS(=O)O)c1ccc(-c2ccc([C@H](O)[C@@H](CF)NS(C)(=O)=O)cc2)cn1. The summed E-state index contributed by atoms with van der Waals surface area (Å²) >= 11 is -2.14. The molecule has 0 aliphatic rings. The Labute approximate surface area is 165 Å². The molecule has 11 heteroatoms. The van der Waals surface area contributed by atoms with Crippen LogP contribution in [-0.2, 0) is 21.3 Å². The van der Waals surface area contributed by atoms with E-state index in [-0.39, 0.29) is 0 Å². The summed E-state index contributed by atoms with van der Waals surface area (Å²) in [5.74, 6) is 0. The van der Waals surface area contributed by atoms with Crippen LogP contribution in [0.4, 0.5) is 4.39 Å². The van der Waals surface area contributed by atoms with Crippen molar-refractivity contribution in [3.05, 3.63) is 53.9 Å². The molecule has 28 heavy (non-hydrogen) atoms. The molecule has 154 valence electrons. The lowest BCUT2D eigenvalue weighted by molar-refractivity contribution is 0.125. The van der Waals surface area contributed by atoms with Gasteiger partial charge in [0.15, 0.2) is 0 Å². The van der Waals surface area contributed by atoms with Crippen molar-refractivity contribution in [3.8, 4) is 11.1 Å². The molecule has 0 spiro atoms. The number of nitrogens with one attached hydrogen (secondary N) is 2. The molecule has 1 heterocycles. The van der Waals surface area contributed by atoms with Crippen LogP contribution in [0.2, 0.25) is 0 Å². The summed E-state index contributed by atoms with van der Waals surface area (Å²) in [4.78, 5) is 4.26. The van der Waals surface area contributed by atoms with E-state index in [4.69, 9.17) is 4.55 Å². The third-order valence-corrected chi connectivity index (χ3v) is 5.29. The summed E-state index contributed by atoms with van der Waals surface area (Å²) in [7, 11) is -3.66. The third kappa shape index (κ3) is 6.40. The van der Waals surface area contributed by atoms with Gasteiger partial charge in [0.2, 0.25) is 21.3 Å². The quantitative estimate of drug-likeness (QED) is 0.445. The molecule has 4 atom stereocenters. The van der Waals surface area contributed by atoms with Crippen molar-refractivity contribution in [2.75, 3.05) is 12.9 Å². The Morgan fingerprint density at radius 2 is 1.79 bits per heavy atom. The molecular weight excluding hydrogens is 409 g/mol. The van der Waals surface area contributed by atoms with Crippen LogP contribution in [0.15, 0.2) is 42.6 Å². The highest BCUT2D eigenvalue weighted by molar-refractivity contribution is 7.88. The van der Waals surface area contributed by atoms with Crippen molar-refractivity contribution in [3.63, 3.8) is 0 Å². The average Bonchev–Trinajstić information content (AvgIpc) is 2.64. The minimum absolute atomic E-state index is 0.371. The van der Waals surface area contributed by atoms with Crippen LogP contribution < -0.4 is 9.44 Å². The molecule has 2 unspecified atom stereocenters. The van der Waals surface area contributed by atoms with Gasteiger partial charge in [-0.2, -0.15) is 0 Å². The van der Waals surface area contributed by atoms with E-state index in [9.17, 15) is 22.1 Å². The van der Waals surface area contributed by atoms with Crippen LogP contribution in [-0.4, -0.2) is 46.2 Å². The van der Waals surface area contributed by atoms with E-state index in [0.717, 1.165) is 17.4 Å². The third-order valence-electron chi connectivity index (χ3n) is 4.01. The van der Waals surface area contributed by atoms with E-state index in [1.165, 1.54) is 0 Å². The number of benzene rings is 1. The van der Waals surface area contributed by atoms with E-state index < -0.39 is 46.2 Å². The maximum Gasteiger partial charge on any atom is 0.232 e. The molecule has 0 aliphatic heterocycles. The average molecular weight is 432 g/mol. The second kappa shape index (κ2) is 9.63. The lowest BCUT2D eigenvalue weighted by Crippen LogP contribution is -2.40. The maximum absolute atomic E-state index is 13.1. The number of halogens is 1. The zero-order valence-corrected chi connectivity index (χ0v) is 16.9. The molecule has 2 rings (SSSR count). The first-order valence-electron chi connectivity index (χ1n) is 8.25. The number of aromatic nitrogens is 1. The van der Waals surface area contributed by atoms with Gasteiger partial charge in [0.05, 0.1) is 30.1 Å². The number of sulfonamides is 1. The first kappa shape index (κ1) is 22.5. The van der Waals surface area contributed by atoms with Crippen LogP contribution in [0.1, 0.15) is 30.3 Å². The van der Waals surface area contributed by atoms with E-state index in [1.807, 2.05) is 0 Å². The van der Waals surface area contributed by atoms with E-state index in [0.29, 0.717) is 11.3 Å². The molecular formula is C17H22FN3O5S2. The predicted molar refractivity (Wildman–Crippen MR) is 105 cm³/mol. The van der Waals surface area contributed by atoms with Crippen LogP contribution in [0.5, 0.6) is 0 Å². The smallest absolute Gasteiger partial charge is 0.232 e. The van der Waals surface area contributed by atoms with Gasteiger partial charge in [0.1, 0.15) is 6.67 Å². The standard InChI is InChI=1S/C17H22FN3O5S2/c1-11(20-27(23)24)15-8-7-14(10-19-15)12-3-5-13(6-4-12)17(22)16(9-18)21-28(2,25)26/h3-8,10-11,16-17,20-22H,9H2,1-2H3,(H,23,24)/t11?,16-,17+/m1/s1. The number of rotatable bonds is 9. The highest BCUT2D eigenvalue weighted by Gasteiger charge is 2.24. The number of alkyl halides is 1. The van der Waals surface area contributed by atoms with Gasteiger partial charge in [0.25, 0.3) is 0 Å². The van der Waals surface area contributed by atoms with Gasteiger partial charge in [-0.1, -0.05) is 30.3 Å². The summed E-state index contributed by atoms with van der Waals surface area (Å²) in [6, 6.07) is 8.41. The fourth-order valence-electron chi connectivity index (χ4n) is 2.60. The summed E-state index contributed by atoms with van der Waals surface area (Å²) < 4.78 is 59.8. The Morgan fingerprint density at radius 1 is 1.18 bits per heavy atom. The first-order chi connectivity index (χ1) is 13.1. The molecule has 1 aromatic heterocycles. The molecule has 0 saturated carbocycles. The number of aliphatic hydroxyl groups is 1. The first-order valence-corrected chi connectivity index (χ1v) is 11.2. The minimum Gasteiger partial charge on any atom is -0.387 e. The number of hydrogen-bond acceptors (Lipinski definition) is 5. The van der Waals surface area contributed by atoms with Crippen molar-refractivity contribution in [2.45, 2.75) is 25.1 Å². The van der Waals surface area contributed by atoms with Gasteiger partial charge in [0, 0.05) is 11.8 Å². The zero-order valence-electron chi connectivity index (χ0n) is 15.2. The van der Waals surface area contributed by atoms with Gasteiger partial charge < -0.3 is 5.11 Å². The molecule has 4 N–H and O–H groups in total. The maximum atomic E-state index is 13.1. The molecule has 8 nitrogen and oxygen atoms in total. The monoisotopic (exact) mass is 431 g/mol. The van der Waals surface area contributed by atoms with Crippen molar-refractivity contribution in [1.29, 1.82) is 0 Å². The second-order valence-corrected chi connectivity index (χ2v) is 8.79. The van der Waals surface area contributed by atoms with Gasteiger partial charge in [-0.05, 0) is 24.1 Å². The number of hydrogen-bond donors (Lipinski definition) is 4. The molecule has 0 aliphatic carbocycles. The fourth-order valence-corrected chi connectivity index (χ4v) is 3.77. The van der Waals surface area contributed by atoms with Gasteiger partial charge in [-0.25, -0.2) is 26.5 Å². The zero-order chi connectivity index (χ0) is 20.9. The normalized spacial score (nSPS) is 16.3. The Kier molecular flexibility index (Phi) is 7.75. The number of nitrogens with zero attached hydrogens (tertiary/aromatic N) is 1. The van der Waals surface area contributed by atoms with Crippen LogP contribution in [0.3, 0.4) is 0 Å². The van der Waals surface area contributed by atoms with Gasteiger partial charge in [-0.3, -0.25) is 9.54 Å². The molecule has 0 bridgehead atoms. The summed E-state index contributed by atoms with van der Waals surface area (Å²) in [6.45, 7) is 0.657. The Hall–Kier alpha value is -1.76. The second-order valence-electron chi connectivity index (χ2n) is 6.28. The molecule has 0 fully saturated rings. The van der Waals surface area contributed by atoms with Crippen LogP contribution >= 0.6 is 0 Å².